The van der Waals surface area contributed by atoms with Gasteiger partial charge in [0.15, 0.2) is 0 Å². The summed E-state index contributed by atoms with van der Waals surface area (Å²) in [7, 11) is 0. The summed E-state index contributed by atoms with van der Waals surface area (Å²) in [5.41, 5.74) is 6.50. The number of halogens is 1. The zero-order valence-corrected chi connectivity index (χ0v) is 11.4. The van der Waals surface area contributed by atoms with Gasteiger partial charge < -0.3 is 0 Å². The first kappa shape index (κ1) is 11.4. The summed E-state index contributed by atoms with van der Waals surface area (Å²) in [6.45, 7) is 6.39. The zero-order chi connectivity index (χ0) is 11.7. The van der Waals surface area contributed by atoms with Gasteiger partial charge in [-0.2, -0.15) is 0 Å². The van der Waals surface area contributed by atoms with Crippen molar-refractivity contribution in [3.63, 3.8) is 0 Å². The smallest absolute Gasteiger partial charge is 0.0207 e. The van der Waals surface area contributed by atoms with E-state index < -0.39 is 0 Å². The van der Waals surface area contributed by atoms with Gasteiger partial charge in [0.05, 0.1) is 0 Å². The van der Waals surface area contributed by atoms with Gasteiger partial charge in [-0.1, -0.05) is 51.8 Å². The Bertz CT molecular complexity index is 510. The molecule has 0 saturated heterocycles. The Balaban J connectivity index is 2.56. The molecule has 0 aliphatic rings. The van der Waals surface area contributed by atoms with Crippen molar-refractivity contribution in [2.45, 2.75) is 20.8 Å². The molecule has 0 bridgehead atoms. The maximum Gasteiger partial charge on any atom is 0.0207 e. The third-order valence-corrected chi connectivity index (χ3v) is 3.72. The van der Waals surface area contributed by atoms with E-state index in [1.165, 1.54) is 32.3 Å². The van der Waals surface area contributed by atoms with Crippen LogP contribution in [0.15, 0.2) is 40.9 Å². The molecule has 0 aliphatic carbocycles. The van der Waals surface area contributed by atoms with Crippen molar-refractivity contribution < 1.29 is 0 Å². The molecular weight excluding hydrogens is 260 g/mol. The highest BCUT2D eigenvalue weighted by molar-refractivity contribution is 9.10. The lowest BCUT2D eigenvalue weighted by molar-refractivity contribution is 1.36. The first-order valence-corrected chi connectivity index (χ1v) is 6.21. The molecule has 0 aliphatic heterocycles. The topological polar surface area (TPSA) is 0 Å². The van der Waals surface area contributed by atoms with Crippen LogP contribution in [0.4, 0.5) is 0 Å². The van der Waals surface area contributed by atoms with Gasteiger partial charge in [-0.15, -0.1) is 0 Å². The van der Waals surface area contributed by atoms with Crippen molar-refractivity contribution in [2.24, 2.45) is 0 Å². The quantitative estimate of drug-likeness (QED) is 0.683. The normalized spacial score (nSPS) is 10.5. The summed E-state index contributed by atoms with van der Waals surface area (Å²) in [5, 5.41) is 0. The molecule has 0 nitrogen and oxygen atoms in total. The number of hydrogen-bond donors (Lipinski definition) is 0. The maximum atomic E-state index is 3.56. The molecule has 0 fully saturated rings. The van der Waals surface area contributed by atoms with Crippen molar-refractivity contribution in [1.29, 1.82) is 0 Å². The fourth-order valence-electron chi connectivity index (χ4n) is 1.83. The van der Waals surface area contributed by atoms with Crippen LogP contribution in [-0.2, 0) is 0 Å². The van der Waals surface area contributed by atoms with Crippen LogP contribution < -0.4 is 0 Å². The van der Waals surface area contributed by atoms with E-state index in [0.717, 1.165) is 0 Å². The van der Waals surface area contributed by atoms with Crippen molar-refractivity contribution >= 4 is 15.9 Å². The molecule has 0 radical (unpaired) electrons. The lowest BCUT2D eigenvalue weighted by Crippen LogP contribution is -1.86. The molecule has 0 atom stereocenters. The van der Waals surface area contributed by atoms with Crippen LogP contribution >= 0.6 is 15.9 Å². The minimum Gasteiger partial charge on any atom is -0.0587 e. The van der Waals surface area contributed by atoms with Crippen molar-refractivity contribution in [3.05, 3.63) is 57.6 Å². The van der Waals surface area contributed by atoms with E-state index in [1.807, 2.05) is 0 Å². The van der Waals surface area contributed by atoms with E-state index in [0.29, 0.717) is 0 Å². The highest BCUT2D eigenvalue weighted by Crippen LogP contribution is 2.29. The summed E-state index contributed by atoms with van der Waals surface area (Å²) in [6, 6.07) is 13.1. The Labute approximate surface area is 105 Å². The predicted molar refractivity (Wildman–Crippen MR) is 73.8 cm³/mol. The SMILES string of the molecule is Cc1ccc(-c2cc(C)c(Br)cc2C)cc1. The van der Waals surface area contributed by atoms with Gasteiger partial charge in [0.25, 0.3) is 0 Å². The van der Waals surface area contributed by atoms with Gasteiger partial charge in [0.1, 0.15) is 0 Å². The summed E-state index contributed by atoms with van der Waals surface area (Å²) in [5.74, 6) is 0. The molecule has 2 aromatic rings. The molecule has 2 rings (SSSR count). The van der Waals surface area contributed by atoms with E-state index in [9.17, 15) is 0 Å². The molecule has 0 N–H and O–H groups in total. The van der Waals surface area contributed by atoms with Crippen LogP contribution in [-0.4, -0.2) is 0 Å². The minimum atomic E-state index is 1.18. The lowest BCUT2D eigenvalue weighted by atomic mass is 9.98. The van der Waals surface area contributed by atoms with E-state index in [4.69, 9.17) is 0 Å². The molecule has 16 heavy (non-hydrogen) atoms. The molecule has 0 amide bonds. The van der Waals surface area contributed by atoms with Gasteiger partial charge in [-0.05, 0) is 49.1 Å². The zero-order valence-electron chi connectivity index (χ0n) is 9.84. The van der Waals surface area contributed by atoms with E-state index in [-0.39, 0.29) is 0 Å². The molecule has 1 heteroatoms. The third kappa shape index (κ3) is 2.19. The molecule has 0 heterocycles. The average molecular weight is 275 g/mol. The molecule has 82 valence electrons. The Morgan fingerprint density at radius 3 is 2.06 bits per heavy atom. The lowest BCUT2D eigenvalue weighted by Gasteiger charge is -2.09. The predicted octanol–water partition coefficient (Wildman–Crippen LogP) is 5.04. The fraction of sp³-hybridized carbons (Fsp3) is 0.200. The molecule has 0 aromatic heterocycles. The Morgan fingerprint density at radius 2 is 1.44 bits per heavy atom. The fourth-order valence-corrected chi connectivity index (χ4v) is 2.28. The monoisotopic (exact) mass is 274 g/mol. The van der Waals surface area contributed by atoms with Gasteiger partial charge >= 0.3 is 0 Å². The largest absolute Gasteiger partial charge is 0.0587 e. The third-order valence-electron chi connectivity index (χ3n) is 2.87. The van der Waals surface area contributed by atoms with Crippen molar-refractivity contribution in [1.82, 2.24) is 0 Å². The summed E-state index contributed by atoms with van der Waals surface area (Å²) in [6.07, 6.45) is 0. The molecule has 0 spiro atoms. The van der Waals surface area contributed by atoms with E-state index in [2.05, 4.69) is 73.1 Å². The number of aryl methyl sites for hydroxylation is 3. The Kier molecular flexibility index (Phi) is 3.15. The van der Waals surface area contributed by atoms with Crippen LogP contribution in [0.5, 0.6) is 0 Å². The molecule has 0 saturated carbocycles. The summed E-state index contributed by atoms with van der Waals surface area (Å²) < 4.78 is 1.18. The minimum absolute atomic E-state index is 1.18. The first-order valence-electron chi connectivity index (χ1n) is 5.42. The molecular formula is C15H15Br. The van der Waals surface area contributed by atoms with Crippen LogP contribution in [0.2, 0.25) is 0 Å². The van der Waals surface area contributed by atoms with E-state index >= 15 is 0 Å². The first-order chi connectivity index (χ1) is 7.58. The van der Waals surface area contributed by atoms with Crippen molar-refractivity contribution in [3.8, 4) is 11.1 Å². The van der Waals surface area contributed by atoms with Crippen LogP contribution in [0, 0.1) is 20.8 Å². The highest BCUT2D eigenvalue weighted by Gasteiger charge is 2.04. The number of hydrogen-bond acceptors (Lipinski definition) is 0. The number of benzene rings is 2. The summed E-state index contributed by atoms with van der Waals surface area (Å²) in [4.78, 5) is 0. The van der Waals surface area contributed by atoms with Gasteiger partial charge in [0.2, 0.25) is 0 Å². The van der Waals surface area contributed by atoms with Crippen LogP contribution in [0.25, 0.3) is 11.1 Å². The highest BCUT2D eigenvalue weighted by atomic mass is 79.9. The molecule has 0 unspecified atom stereocenters. The Morgan fingerprint density at radius 1 is 0.812 bits per heavy atom. The second-order valence-electron chi connectivity index (χ2n) is 4.28. The van der Waals surface area contributed by atoms with Crippen LogP contribution in [0.3, 0.4) is 0 Å². The standard InChI is InChI=1S/C15H15Br/c1-10-4-6-13(7-5-10)14-8-12(3)15(16)9-11(14)2/h4-9H,1-3H3. The average Bonchev–Trinajstić information content (AvgIpc) is 2.25. The Hall–Kier alpha value is -1.08. The second-order valence-corrected chi connectivity index (χ2v) is 5.14. The van der Waals surface area contributed by atoms with Gasteiger partial charge in [-0.3, -0.25) is 0 Å². The maximum absolute atomic E-state index is 3.56. The van der Waals surface area contributed by atoms with Gasteiger partial charge in [0, 0.05) is 4.47 Å². The van der Waals surface area contributed by atoms with E-state index in [1.54, 1.807) is 0 Å². The number of rotatable bonds is 1. The summed E-state index contributed by atoms with van der Waals surface area (Å²) >= 11 is 3.56. The second kappa shape index (κ2) is 4.42. The van der Waals surface area contributed by atoms with Crippen molar-refractivity contribution in [2.75, 3.05) is 0 Å². The van der Waals surface area contributed by atoms with Crippen LogP contribution in [0.1, 0.15) is 16.7 Å². The van der Waals surface area contributed by atoms with Gasteiger partial charge in [-0.25, -0.2) is 0 Å². The molecule has 2 aromatic carbocycles.